The highest BCUT2D eigenvalue weighted by atomic mass is 32.2. The van der Waals surface area contributed by atoms with Gasteiger partial charge in [0.15, 0.2) is 11.2 Å². The van der Waals surface area contributed by atoms with Crippen LogP contribution in [-0.2, 0) is 16.6 Å². The van der Waals surface area contributed by atoms with Crippen LogP contribution in [0.3, 0.4) is 0 Å². The fraction of sp³-hybridized carbons (Fsp3) is 0.333. The zero-order valence-corrected chi connectivity index (χ0v) is 21.0. The molecule has 0 aliphatic carbocycles. The highest BCUT2D eigenvalue weighted by Crippen LogP contribution is 2.30. The van der Waals surface area contributed by atoms with Crippen LogP contribution in [0.5, 0.6) is 5.75 Å². The van der Waals surface area contributed by atoms with Crippen LogP contribution in [0.2, 0.25) is 0 Å². The van der Waals surface area contributed by atoms with Gasteiger partial charge in [-0.2, -0.15) is 4.31 Å². The number of aromatic nitrogens is 5. The van der Waals surface area contributed by atoms with Gasteiger partial charge in [0.2, 0.25) is 10.0 Å². The molecule has 38 heavy (non-hydrogen) atoms. The second-order valence-electron chi connectivity index (χ2n) is 9.05. The molecule has 1 N–H and O–H groups in total. The topological polar surface area (TPSA) is 123 Å². The Balaban J connectivity index is 1.31. The van der Waals surface area contributed by atoms with Gasteiger partial charge < -0.3 is 9.72 Å². The zero-order chi connectivity index (χ0) is 27.1. The molecule has 0 saturated carbocycles. The third kappa shape index (κ3) is 5.41. The van der Waals surface area contributed by atoms with Crippen molar-refractivity contribution in [1.29, 1.82) is 0 Å². The van der Waals surface area contributed by atoms with Gasteiger partial charge in [0.1, 0.15) is 11.6 Å². The van der Waals surface area contributed by atoms with Crippen LogP contribution in [0.4, 0.5) is 13.2 Å². The number of sulfonamides is 1. The van der Waals surface area contributed by atoms with E-state index in [4.69, 9.17) is 0 Å². The number of rotatable bonds is 6. The van der Waals surface area contributed by atoms with Crippen molar-refractivity contribution in [1.82, 2.24) is 29.3 Å². The molecule has 200 valence electrons. The molecule has 1 saturated heterocycles. The number of nitrogens with zero attached hydrogens (tertiary/aromatic N) is 5. The first kappa shape index (κ1) is 25.9. The first-order valence-corrected chi connectivity index (χ1v) is 13.2. The van der Waals surface area contributed by atoms with E-state index in [1.54, 1.807) is 4.68 Å². The Hall–Kier alpha value is -3.78. The molecule has 3 heterocycles. The SMILES string of the molecule is Cc1ccc(Cn2nnc3c(=O)[nH]c(C4CCN(S(=O)(=O)c5ccc(OC(F)(F)F)cc5)CC4)nc32)cc1. The summed E-state index contributed by atoms with van der Waals surface area (Å²) < 4.78 is 69.8. The maximum Gasteiger partial charge on any atom is 0.573 e. The summed E-state index contributed by atoms with van der Waals surface area (Å²) in [5.74, 6) is -0.277. The third-order valence-corrected chi connectivity index (χ3v) is 8.29. The predicted octanol–water partition coefficient (Wildman–Crippen LogP) is 3.34. The van der Waals surface area contributed by atoms with Gasteiger partial charge in [0, 0.05) is 19.0 Å². The summed E-state index contributed by atoms with van der Waals surface area (Å²) in [6.45, 7) is 2.67. The lowest BCUT2D eigenvalue weighted by molar-refractivity contribution is -0.274. The highest BCUT2D eigenvalue weighted by molar-refractivity contribution is 7.89. The molecule has 1 aliphatic heterocycles. The Kier molecular flexibility index (Phi) is 6.69. The molecular weight excluding hydrogens is 525 g/mol. The van der Waals surface area contributed by atoms with Crippen molar-refractivity contribution < 1.29 is 26.3 Å². The molecule has 0 unspecified atom stereocenters. The lowest BCUT2D eigenvalue weighted by Crippen LogP contribution is -2.38. The quantitative estimate of drug-likeness (QED) is 0.392. The molecule has 0 spiro atoms. The van der Waals surface area contributed by atoms with Gasteiger partial charge in [-0.25, -0.2) is 18.1 Å². The van der Waals surface area contributed by atoms with E-state index in [1.807, 2.05) is 31.2 Å². The number of benzene rings is 2. The molecule has 14 heteroatoms. The fourth-order valence-electron chi connectivity index (χ4n) is 4.38. The average molecular weight is 549 g/mol. The van der Waals surface area contributed by atoms with E-state index < -0.39 is 27.7 Å². The molecule has 10 nitrogen and oxygen atoms in total. The van der Waals surface area contributed by atoms with Crippen molar-refractivity contribution >= 4 is 21.2 Å². The summed E-state index contributed by atoms with van der Waals surface area (Å²) in [5.41, 5.74) is 2.15. The Morgan fingerprint density at radius 3 is 2.34 bits per heavy atom. The standard InChI is InChI=1S/C24H23F3N6O4S/c1-15-2-4-16(5-3-15)14-33-22-20(30-31-33)23(34)29-21(28-22)17-10-12-32(13-11-17)38(35,36)19-8-6-18(7-9-19)37-24(25,26)27/h2-9,17H,10-14H2,1H3,(H,28,29,34). The highest BCUT2D eigenvalue weighted by Gasteiger charge is 2.33. The number of aryl methyl sites for hydroxylation is 1. The predicted molar refractivity (Wildman–Crippen MR) is 130 cm³/mol. The summed E-state index contributed by atoms with van der Waals surface area (Å²) in [5, 5.41) is 8.06. The number of alkyl halides is 3. The Labute approximate surface area is 215 Å². The first-order valence-electron chi connectivity index (χ1n) is 11.7. The van der Waals surface area contributed by atoms with Crippen molar-refractivity contribution in [2.45, 2.75) is 43.5 Å². The van der Waals surface area contributed by atoms with Gasteiger partial charge in [-0.3, -0.25) is 4.79 Å². The summed E-state index contributed by atoms with van der Waals surface area (Å²) >= 11 is 0. The van der Waals surface area contributed by atoms with Gasteiger partial charge in [0.05, 0.1) is 11.4 Å². The largest absolute Gasteiger partial charge is 0.573 e. The number of nitrogens with one attached hydrogen (secondary N) is 1. The average Bonchev–Trinajstić information content (AvgIpc) is 3.28. The second kappa shape index (κ2) is 9.83. The lowest BCUT2D eigenvalue weighted by Gasteiger charge is -2.30. The van der Waals surface area contributed by atoms with E-state index in [-0.39, 0.29) is 29.4 Å². The number of H-pyrrole nitrogens is 1. The number of hydrogen-bond acceptors (Lipinski definition) is 7. The molecule has 1 fully saturated rings. The van der Waals surface area contributed by atoms with E-state index >= 15 is 0 Å². The smallest absolute Gasteiger partial charge is 0.406 e. The van der Waals surface area contributed by atoms with Crippen LogP contribution >= 0.6 is 0 Å². The second-order valence-corrected chi connectivity index (χ2v) is 11.0. The fourth-order valence-corrected chi connectivity index (χ4v) is 5.85. The van der Waals surface area contributed by atoms with Crippen LogP contribution in [0.15, 0.2) is 58.2 Å². The lowest BCUT2D eigenvalue weighted by atomic mass is 9.97. The monoisotopic (exact) mass is 548 g/mol. The maximum absolute atomic E-state index is 13.0. The number of fused-ring (bicyclic) bond motifs is 1. The number of piperidine rings is 1. The molecule has 5 rings (SSSR count). The minimum Gasteiger partial charge on any atom is -0.406 e. The van der Waals surface area contributed by atoms with Crippen molar-refractivity contribution in [2.75, 3.05) is 13.1 Å². The van der Waals surface area contributed by atoms with E-state index in [2.05, 4.69) is 25.0 Å². The van der Waals surface area contributed by atoms with Gasteiger partial charge in [-0.05, 0) is 49.6 Å². The minimum atomic E-state index is -4.87. The number of hydrogen-bond donors (Lipinski definition) is 1. The number of ether oxygens (including phenoxy) is 1. The molecular formula is C24H23F3N6O4S. The summed E-state index contributed by atoms with van der Waals surface area (Å²) in [6, 6.07) is 12.0. The number of aromatic amines is 1. The Morgan fingerprint density at radius 1 is 1.05 bits per heavy atom. The minimum absolute atomic E-state index is 0.124. The van der Waals surface area contributed by atoms with Crippen LogP contribution in [0, 0.1) is 6.92 Å². The third-order valence-electron chi connectivity index (χ3n) is 6.38. The molecule has 1 aliphatic rings. The van der Waals surface area contributed by atoms with Crippen LogP contribution in [0.25, 0.3) is 11.2 Å². The number of halogens is 3. The first-order chi connectivity index (χ1) is 18.0. The molecule has 0 radical (unpaired) electrons. The zero-order valence-electron chi connectivity index (χ0n) is 20.1. The Bertz CT molecular complexity index is 1610. The van der Waals surface area contributed by atoms with E-state index in [0.717, 1.165) is 35.4 Å². The molecule has 0 amide bonds. The molecule has 0 bridgehead atoms. The molecule has 2 aromatic heterocycles. The molecule has 0 atom stereocenters. The van der Waals surface area contributed by atoms with Gasteiger partial charge in [-0.15, -0.1) is 18.3 Å². The van der Waals surface area contributed by atoms with Crippen LogP contribution < -0.4 is 10.3 Å². The van der Waals surface area contributed by atoms with Gasteiger partial charge in [-0.1, -0.05) is 35.0 Å². The Morgan fingerprint density at radius 2 is 1.71 bits per heavy atom. The van der Waals surface area contributed by atoms with Crippen molar-refractivity contribution in [2.24, 2.45) is 0 Å². The summed E-state index contributed by atoms with van der Waals surface area (Å²) in [6.07, 6.45) is -4.08. The van der Waals surface area contributed by atoms with Crippen molar-refractivity contribution in [3.05, 3.63) is 75.8 Å². The van der Waals surface area contributed by atoms with Gasteiger partial charge >= 0.3 is 6.36 Å². The van der Waals surface area contributed by atoms with E-state index in [9.17, 15) is 26.4 Å². The van der Waals surface area contributed by atoms with E-state index in [0.29, 0.717) is 30.9 Å². The molecule has 4 aromatic rings. The maximum atomic E-state index is 13.0. The van der Waals surface area contributed by atoms with Gasteiger partial charge in [0.25, 0.3) is 5.56 Å². The normalized spacial score (nSPS) is 15.7. The van der Waals surface area contributed by atoms with Crippen LogP contribution in [-0.4, -0.2) is 57.1 Å². The summed E-state index contributed by atoms with van der Waals surface area (Å²) in [4.78, 5) is 19.9. The summed E-state index contributed by atoms with van der Waals surface area (Å²) in [7, 11) is -3.93. The van der Waals surface area contributed by atoms with Crippen molar-refractivity contribution in [3.8, 4) is 5.75 Å². The van der Waals surface area contributed by atoms with E-state index in [1.165, 1.54) is 4.31 Å². The molecule has 2 aromatic carbocycles. The van der Waals surface area contributed by atoms with Crippen LogP contribution in [0.1, 0.15) is 35.7 Å². The van der Waals surface area contributed by atoms with Crippen molar-refractivity contribution in [3.63, 3.8) is 0 Å².